The number of hydrogen-bond donors (Lipinski definition) is 2. The van der Waals surface area contributed by atoms with Crippen molar-refractivity contribution in [2.24, 2.45) is 0 Å². The summed E-state index contributed by atoms with van der Waals surface area (Å²) < 4.78 is 5.70. The SMILES string of the molecule is CCNc1cc(Cl)cc(COc2c(Cl)cc(CC(=O)O)cc2Cl)c1. The highest BCUT2D eigenvalue weighted by molar-refractivity contribution is 6.37. The van der Waals surface area contributed by atoms with E-state index in [0.717, 1.165) is 17.8 Å². The first-order valence-electron chi connectivity index (χ1n) is 7.25. The minimum Gasteiger partial charge on any atom is -0.486 e. The second kappa shape index (κ2) is 8.47. The molecule has 128 valence electrons. The van der Waals surface area contributed by atoms with Crippen LogP contribution in [0.2, 0.25) is 15.1 Å². The Morgan fingerprint density at radius 1 is 1.08 bits per heavy atom. The zero-order valence-electron chi connectivity index (χ0n) is 12.9. The maximum Gasteiger partial charge on any atom is 0.307 e. The molecule has 4 nitrogen and oxygen atoms in total. The van der Waals surface area contributed by atoms with Crippen LogP contribution in [0.5, 0.6) is 5.75 Å². The summed E-state index contributed by atoms with van der Waals surface area (Å²) in [5.74, 6) is -0.636. The molecule has 0 atom stereocenters. The van der Waals surface area contributed by atoms with Crippen LogP contribution in [0, 0.1) is 0 Å². The number of rotatable bonds is 7. The molecule has 0 saturated carbocycles. The molecule has 0 aliphatic heterocycles. The standard InChI is InChI=1S/C17H16Cl3NO3/c1-2-21-13-4-11(3-12(18)8-13)9-24-17-14(19)5-10(6-15(17)20)7-16(22)23/h3-6,8,21H,2,7,9H2,1H3,(H,22,23). The molecule has 0 radical (unpaired) electrons. The van der Waals surface area contributed by atoms with Gasteiger partial charge in [-0.1, -0.05) is 34.8 Å². The number of carboxylic acids is 1. The Bertz CT molecular complexity index is 727. The van der Waals surface area contributed by atoms with Crippen molar-refractivity contribution in [3.05, 3.63) is 56.5 Å². The molecule has 2 rings (SSSR count). The number of nitrogens with one attached hydrogen (secondary N) is 1. The second-order valence-electron chi connectivity index (χ2n) is 5.13. The minimum atomic E-state index is -0.953. The molecular formula is C17H16Cl3NO3. The first kappa shape index (κ1) is 18.7. The van der Waals surface area contributed by atoms with Crippen molar-refractivity contribution in [1.29, 1.82) is 0 Å². The fourth-order valence-electron chi connectivity index (χ4n) is 2.22. The largest absolute Gasteiger partial charge is 0.486 e. The lowest BCUT2D eigenvalue weighted by atomic mass is 10.1. The Balaban J connectivity index is 2.16. The number of anilines is 1. The molecule has 0 spiro atoms. The summed E-state index contributed by atoms with van der Waals surface area (Å²) >= 11 is 18.4. The van der Waals surface area contributed by atoms with Crippen LogP contribution in [0.3, 0.4) is 0 Å². The van der Waals surface area contributed by atoms with Crippen LogP contribution in [0.25, 0.3) is 0 Å². The summed E-state index contributed by atoms with van der Waals surface area (Å²) in [5, 5.41) is 13.2. The molecule has 2 aromatic carbocycles. The number of benzene rings is 2. The average Bonchev–Trinajstić information content (AvgIpc) is 2.45. The van der Waals surface area contributed by atoms with E-state index in [9.17, 15) is 4.79 Å². The predicted molar refractivity (Wildman–Crippen MR) is 97.7 cm³/mol. The van der Waals surface area contributed by atoms with Crippen molar-refractivity contribution in [3.63, 3.8) is 0 Å². The average molecular weight is 389 g/mol. The van der Waals surface area contributed by atoms with Crippen molar-refractivity contribution in [2.45, 2.75) is 20.0 Å². The Morgan fingerprint density at radius 3 is 2.33 bits per heavy atom. The minimum absolute atomic E-state index is 0.153. The lowest BCUT2D eigenvalue weighted by Gasteiger charge is -2.13. The second-order valence-corrected chi connectivity index (χ2v) is 6.38. The van der Waals surface area contributed by atoms with Gasteiger partial charge in [0.15, 0.2) is 5.75 Å². The van der Waals surface area contributed by atoms with Gasteiger partial charge in [-0.05, 0) is 48.4 Å². The van der Waals surface area contributed by atoms with Crippen LogP contribution in [-0.2, 0) is 17.8 Å². The molecule has 7 heteroatoms. The third-order valence-electron chi connectivity index (χ3n) is 3.14. The lowest BCUT2D eigenvalue weighted by molar-refractivity contribution is -0.136. The zero-order valence-corrected chi connectivity index (χ0v) is 15.2. The summed E-state index contributed by atoms with van der Waals surface area (Å²) in [5.41, 5.74) is 2.28. The number of carboxylic acid groups (broad SMARTS) is 1. The van der Waals surface area contributed by atoms with Crippen LogP contribution in [0.4, 0.5) is 5.69 Å². The summed E-state index contributed by atoms with van der Waals surface area (Å²) in [7, 11) is 0. The Morgan fingerprint density at radius 2 is 1.75 bits per heavy atom. The number of halogens is 3. The van der Waals surface area contributed by atoms with E-state index in [0.29, 0.717) is 16.3 Å². The molecule has 0 bridgehead atoms. The van der Waals surface area contributed by atoms with Crippen LogP contribution < -0.4 is 10.1 Å². The summed E-state index contributed by atoms with van der Waals surface area (Å²) in [6, 6.07) is 8.63. The molecule has 0 aliphatic carbocycles. The molecule has 0 aliphatic rings. The van der Waals surface area contributed by atoms with Gasteiger partial charge in [-0.3, -0.25) is 4.79 Å². The van der Waals surface area contributed by atoms with E-state index in [1.165, 1.54) is 0 Å². The first-order chi connectivity index (χ1) is 11.4. The molecule has 0 amide bonds. The van der Waals surface area contributed by atoms with Crippen LogP contribution >= 0.6 is 34.8 Å². The first-order valence-corrected chi connectivity index (χ1v) is 8.38. The number of ether oxygens (including phenoxy) is 1. The lowest BCUT2D eigenvalue weighted by Crippen LogP contribution is -2.02. The van der Waals surface area contributed by atoms with Crippen molar-refractivity contribution < 1.29 is 14.6 Å². The van der Waals surface area contributed by atoms with Gasteiger partial charge < -0.3 is 15.2 Å². The Hall–Kier alpha value is -1.62. The van der Waals surface area contributed by atoms with Crippen LogP contribution in [0.1, 0.15) is 18.1 Å². The molecule has 0 aromatic heterocycles. The monoisotopic (exact) mass is 387 g/mol. The number of hydrogen-bond acceptors (Lipinski definition) is 3. The molecule has 0 heterocycles. The number of carbonyl (C=O) groups is 1. The Kier molecular flexibility index (Phi) is 6.60. The van der Waals surface area contributed by atoms with Gasteiger partial charge in [0.1, 0.15) is 6.61 Å². The maximum atomic E-state index is 10.8. The van der Waals surface area contributed by atoms with Crippen LogP contribution in [-0.4, -0.2) is 17.6 Å². The van der Waals surface area contributed by atoms with E-state index in [4.69, 9.17) is 44.6 Å². The van der Waals surface area contributed by atoms with Gasteiger partial charge in [-0.25, -0.2) is 0 Å². The van der Waals surface area contributed by atoms with E-state index < -0.39 is 5.97 Å². The zero-order chi connectivity index (χ0) is 17.7. The van der Waals surface area contributed by atoms with E-state index in [1.807, 2.05) is 19.1 Å². The van der Waals surface area contributed by atoms with Crippen molar-refractivity contribution >= 4 is 46.5 Å². The van der Waals surface area contributed by atoms with E-state index in [-0.39, 0.29) is 23.1 Å². The quantitative estimate of drug-likeness (QED) is 0.677. The van der Waals surface area contributed by atoms with Crippen LogP contribution in [0.15, 0.2) is 30.3 Å². The summed E-state index contributed by atoms with van der Waals surface area (Å²) in [6.45, 7) is 3.01. The molecule has 2 N–H and O–H groups in total. The maximum absolute atomic E-state index is 10.8. The summed E-state index contributed by atoms with van der Waals surface area (Å²) in [6.07, 6.45) is -0.153. The Labute approximate surface area is 155 Å². The van der Waals surface area contributed by atoms with Gasteiger partial charge in [0.25, 0.3) is 0 Å². The summed E-state index contributed by atoms with van der Waals surface area (Å²) in [4.78, 5) is 10.8. The predicted octanol–water partition coefficient (Wildman–Crippen LogP) is 5.28. The molecule has 0 fully saturated rings. The van der Waals surface area contributed by atoms with E-state index >= 15 is 0 Å². The van der Waals surface area contributed by atoms with Gasteiger partial charge in [0, 0.05) is 17.3 Å². The molecule has 0 saturated heterocycles. The molecular weight excluding hydrogens is 373 g/mol. The number of aliphatic carboxylic acids is 1. The fourth-order valence-corrected chi connectivity index (χ4v) is 3.12. The van der Waals surface area contributed by atoms with E-state index in [1.54, 1.807) is 18.2 Å². The molecule has 0 unspecified atom stereocenters. The van der Waals surface area contributed by atoms with Gasteiger partial charge in [0.2, 0.25) is 0 Å². The topological polar surface area (TPSA) is 58.6 Å². The highest BCUT2D eigenvalue weighted by Crippen LogP contribution is 2.35. The van der Waals surface area contributed by atoms with Crippen molar-refractivity contribution in [1.82, 2.24) is 0 Å². The third kappa shape index (κ3) is 5.20. The van der Waals surface area contributed by atoms with Crippen molar-refractivity contribution in [3.8, 4) is 5.75 Å². The van der Waals surface area contributed by atoms with E-state index in [2.05, 4.69) is 5.32 Å². The molecule has 24 heavy (non-hydrogen) atoms. The fraction of sp³-hybridized carbons (Fsp3) is 0.235. The highest BCUT2D eigenvalue weighted by atomic mass is 35.5. The van der Waals surface area contributed by atoms with Crippen molar-refractivity contribution in [2.75, 3.05) is 11.9 Å². The molecule has 2 aromatic rings. The normalized spacial score (nSPS) is 10.5. The third-order valence-corrected chi connectivity index (χ3v) is 3.91. The highest BCUT2D eigenvalue weighted by Gasteiger charge is 2.12. The van der Waals surface area contributed by atoms with Gasteiger partial charge >= 0.3 is 5.97 Å². The van der Waals surface area contributed by atoms with Gasteiger partial charge in [-0.2, -0.15) is 0 Å². The smallest absolute Gasteiger partial charge is 0.307 e. The van der Waals surface area contributed by atoms with Gasteiger partial charge in [0.05, 0.1) is 16.5 Å². The van der Waals surface area contributed by atoms with Gasteiger partial charge in [-0.15, -0.1) is 0 Å².